The van der Waals surface area contributed by atoms with Crippen molar-refractivity contribution in [3.05, 3.63) is 94.5 Å². The van der Waals surface area contributed by atoms with Crippen LogP contribution in [0.3, 0.4) is 0 Å². The molecule has 0 spiro atoms. The van der Waals surface area contributed by atoms with Gasteiger partial charge in [-0.3, -0.25) is 9.59 Å². The Hall–Kier alpha value is -3.66. The molecule has 2 N–H and O–H groups in total. The van der Waals surface area contributed by atoms with E-state index in [0.717, 1.165) is 16.7 Å². The van der Waals surface area contributed by atoms with Gasteiger partial charge in [-0.15, -0.1) is 0 Å². The molecular formula is C32H34ClN3O3. The Bertz CT molecular complexity index is 1410. The summed E-state index contributed by atoms with van der Waals surface area (Å²) in [6.45, 7) is 8.44. The topological polar surface area (TPSA) is 93.4 Å². The summed E-state index contributed by atoms with van der Waals surface area (Å²) >= 11 is 6.05. The van der Waals surface area contributed by atoms with Crippen LogP contribution in [-0.2, 0) is 10.4 Å². The van der Waals surface area contributed by atoms with Crippen LogP contribution in [0.2, 0.25) is 5.02 Å². The molecule has 4 rings (SSSR count). The fraction of sp³-hybridized carbons (Fsp3) is 0.344. The van der Waals surface area contributed by atoms with Gasteiger partial charge in [-0.2, -0.15) is 5.26 Å². The lowest BCUT2D eigenvalue weighted by atomic mass is 9.66. The zero-order valence-electron chi connectivity index (χ0n) is 22.7. The molecule has 202 valence electrons. The molecule has 3 aromatic carbocycles. The lowest BCUT2D eigenvalue weighted by Crippen LogP contribution is -2.60. The number of amides is 2. The molecule has 0 aromatic heterocycles. The van der Waals surface area contributed by atoms with Gasteiger partial charge in [-0.1, -0.05) is 75.7 Å². The Labute approximate surface area is 235 Å². The van der Waals surface area contributed by atoms with E-state index in [4.69, 9.17) is 11.6 Å². The van der Waals surface area contributed by atoms with Gasteiger partial charge in [0, 0.05) is 29.1 Å². The van der Waals surface area contributed by atoms with Gasteiger partial charge in [0.05, 0.1) is 17.2 Å². The van der Waals surface area contributed by atoms with Crippen molar-refractivity contribution in [3.63, 3.8) is 0 Å². The highest BCUT2D eigenvalue weighted by atomic mass is 35.5. The first-order valence-corrected chi connectivity index (χ1v) is 13.5. The number of carbonyl (C=O) groups is 2. The monoisotopic (exact) mass is 543 g/mol. The van der Waals surface area contributed by atoms with E-state index in [2.05, 4.69) is 11.4 Å². The highest BCUT2D eigenvalue weighted by Gasteiger charge is 2.50. The molecule has 2 amide bonds. The molecule has 1 heterocycles. The summed E-state index contributed by atoms with van der Waals surface area (Å²) in [5, 5.41) is 24.5. The SMILES string of the molecule is CC(C)[C@@H](NC(=O)c1cccc(-c2cccc(C#N)c2)c1)C(=O)N1CC[C@](O)(c2ccc(Cl)cc2)C(C)(C)C1. The lowest BCUT2D eigenvalue weighted by molar-refractivity contribution is -0.155. The first kappa shape index (κ1) is 28.4. The second-order valence-corrected chi connectivity index (χ2v) is 11.7. The number of halogens is 1. The molecule has 0 unspecified atom stereocenters. The molecule has 0 saturated carbocycles. The normalized spacial score (nSPS) is 19.3. The Morgan fingerprint density at radius 2 is 1.67 bits per heavy atom. The number of benzene rings is 3. The first-order valence-electron chi connectivity index (χ1n) is 13.1. The maximum atomic E-state index is 13.7. The van der Waals surface area contributed by atoms with Gasteiger partial charge in [-0.25, -0.2) is 0 Å². The molecule has 1 saturated heterocycles. The van der Waals surface area contributed by atoms with E-state index in [9.17, 15) is 20.0 Å². The van der Waals surface area contributed by atoms with Crippen molar-refractivity contribution < 1.29 is 14.7 Å². The summed E-state index contributed by atoms with van der Waals surface area (Å²) in [6, 6.07) is 23.0. The predicted octanol–water partition coefficient (Wildman–Crippen LogP) is 5.78. The number of likely N-dealkylation sites (tertiary alicyclic amines) is 1. The van der Waals surface area contributed by atoms with Gasteiger partial charge in [0.2, 0.25) is 5.91 Å². The molecule has 7 heteroatoms. The number of rotatable bonds is 6. The van der Waals surface area contributed by atoms with Crippen molar-refractivity contribution in [2.45, 2.75) is 45.8 Å². The molecule has 0 aliphatic carbocycles. The van der Waals surface area contributed by atoms with Crippen molar-refractivity contribution in [2.24, 2.45) is 11.3 Å². The minimum atomic E-state index is -1.12. The highest BCUT2D eigenvalue weighted by Crippen LogP contribution is 2.46. The van der Waals surface area contributed by atoms with Crippen molar-refractivity contribution in [2.75, 3.05) is 13.1 Å². The highest BCUT2D eigenvalue weighted by molar-refractivity contribution is 6.30. The maximum absolute atomic E-state index is 13.7. The van der Waals surface area contributed by atoms with Crippen molar-refractivity contribution in [1.82, 2.24) is 10.2 Å². The smallest absolute Gasteiger partial charge is 0.251 e. The average molecular weight is 544 g/mol. The van der Waals surface area contributed by atoms with Crippen LogP contribution >= 0.6 is 11.6 Å². The van der Waals surface area contributed by atoms with E-state index in [1.807, 2.05) is 58.0 Å². The van der Waals surface area contributed by atoms with E-state index in [-0.39, 0.29) is 17.7 Å². The Morgan fingerprint density at radius 1 is 1.03 bits per heavy atom. The van der Waals surface area contributed by atoms with Crippen LogP contribution < -0.4 is 5.32 Å². The third-order valence-electron chi connectivity index (χ3n) is 7.75. The second-order valence-electron chi connectivity index (χ2n) is 11.2. The third kappa shape index (κ3) is 5.85. The summed E-state index contributed by atoms with van der Waals surface area (Å²) in [5.41, 5.74) is 1.65. The largest absolute Gasteiger partial charge is 0.384 e. The summed E-state index contributed by atoms with van der Waals surface area (Å²) in [5.74, 6) is -0.645. The summed E-state index contributed by atoms with van der Waals surface area (Å²) in [6.07, 6.45) is 0.371. The number of aliphatic hydroxyl groups is 1. The van der Waals surface area contributed by atoms with Crippen molar-refractivity contribution in [3.8, 4) is 17.2 Å². The third-order valence-corrected chi connectivity index (χ3v) is 8.00. The zero-order valence-corrected chi connectivity index (χ0v) is 23.5. The van der Waals surface area contributed by atoms with Crippen molar-refractivity contribution in [1.29, 1.82) is 5.26 Å². The fourth-order valence-electron chi connectivity index (χ4n) is 5.31. The van der Waals surface area contributed by atoms with Crippen LogP contribution in [0.25, 0.3) is 11.1 Å². The molecule has 3 aromatic rings. The van der Waals surface area contributed by atoms with E-state index in [0.29, 0.717) is 35.7 Å². The Morgan fingerprint density at radius 3 is 2.28 bits per heavy atom. The summed E-state index contributed by atoms with van der Waals surface area (Å²) in [7, 11) is 0. The fourth-order valence-corrected chi connectivity index (χ4v) is 5.44. The average Bonchev–Trinajstić information content (AvgIpc) is 2.93. The number of hydrogen-bond donors (Lipinski definition) is 2. The molecule has 0 radical (unpaired) electrons. The minimum absolute atomic E-state index is 0.142. The predicted molar refractivity (Wildman–Crippen MR) is 153 cm³/mol. The van der Waals surface area contributed by atoms with E-state index < -0.39 is 17.1 Å². The molecule has 6 nitrogen and oxygen atoms in total. The number of nitrogens with one attached hydrogen (secondary N) is 1. The number of nitrogens with zero attached hydrogens (tertiary/aromatic N) is 2. The summed E-state index contributed by atoms with van der Waals surface area (Å²) in [4.78, 5) is 28.8. The molecule has 1 aliphatic heterocycles. The van der Waals surface area contributed by atoms with E-state index in [1.165, 1.54) is 0 Å². The molecule has 1 fully saturated rings. The van der Waals surface area contributed by atoms with Gasteiger partial charge >= 0.3 is 0 Å². The number of carbonyl (C=O) groups excluding carboxylic acids is 2. The maximum Gasteiger partial charge on any atom is 0.251 e. The second kappa shape index (κ2) is 11.2. The van der Waals surface area contributed by atoms with Crippen LogP contribution in [-0.4, -0.2) is 41.0 Å². The summed E-state index contributed by atoms with van der Waals surface area (Å²) < 4.78 is 0. The number of piperidine rings is 1. The van der Waals surface area contributed by atoms with Crippen LogP contribution in [0.1, 0.15) is 55.6 Å². The van der Waals surface area contributed by atoms with Crippen molar-refractivity contribution >= 4 is 23.4 Å². The van der Waals surface area contributed by atoms with Crippen LogP contribution in [0.4, 0.5) is 0 Å². The lowest BCUT2D eigenvalue weighted by Gasteiger charge is -2.51. The Kier molecular flexibility index (Phi) is 8.15. The van der Waals surface area contributed by atoms with Gasteiger partial charge < -0.3 is 15.3 Å². The van der Waals surface area contributed by atoms with Crippen LogP contribution in [0, 0.1) is 22.7 Å². The minimum Gasteiger partial charge on any atom is -0.384 e. The van der Waals surface area contributed by atoms with Gasteiger partial charge in [0.1, 0.15) is 6.04 Å². The zero-order chi connectivity index (χ0) is 28.4. The van der Waals surface area contributed by atoms with Gasteiger partial charge in [-0.05, 0) is 65.4 Å². The standard InChI is InChI=1S/C32H34ClN3O3/c1-21(2)28(35-29(37)25-10-6-9-24(18-25)23-8-5-7-22(17-23)19-34)30(38)36-16-15-32(39,31(3,4)20-36)26-11-13-27(33)14-12-26/h5-14,17-18,21,28,39H,15-16,20H2,1-4H3,(H,35,37)/t28-,32+/m1/s1. The molecular weight excluding hydrogens is 510 g/mol. The quantitative estimate of drug-likeness (QED) is 0.412. The van der Waals surface area contributed by atoms with Gasteiger partial charge in [0.25, 0.3) is 5.91 Å². The van der Waals surface area contributed by atoms with E-state index >= 15 is 0 Å². The van der Waals surface area contributed by atoms with Crippen LogP contribution in [0.15, 0.2) is 72.8 Å². The molecule has 0 bridgehead atoms. The Balaban J connectivity index is 1.51. The van der Waals surface area contributed by atoms with Crippen LogP contribution in [0.5, 0.6) is 0 Å². The number of hydrogen-bond acceptors (Lipinski definition) is 4. The van der Waals surface area contributed by atoms with E-state index in [1.54, 1.807) is 47.4 Å². The molecule has 39 heavy (non-hydrogen) atoms. The molecule has 1 aliphatic rings. The van der Waals surface area contributed by atoms with Gasteiger partial charge in [0.15, 0.2) is 0 Å². The number of nitriles is 1. The molecule has 2 atom stereocenters. The first-order chi connectivity index (χ1) is 18.4.